The molecule has 0 aliphatic carbocycles. The SMILES string of the molecule is CCNC(=NCC1(OC)CCOCC1)N1CCC(C(=O)N2CCOCC2)CC1.I. The Bertz CT molecular complexity index is 529. The summed E-state index contributed by atoms with van der Waals surface area (Å²) in [4.78, 5) is 21.9. The number of piperidine rings is 1. The maximum atomic E-state index is 12.7. The minimum absolute atomic E-state index is 0. The Morgan fingerprint density at radius 2 is 1.69 bits per heavy atom. The highest BCUT2D eigenvalue weighted by Crippen LogP contribution is 2.25. The van der Waals surface area contributed by atoms with Gasteiger partial charge in [-0.2, -0.15) is 0 Å². The molecule has 8 nitrogen and oxygen atoms in total. The second kappa shape index (κ2) is 12.3. The van der Waals surface area contributed by atoms with Gasteiger partial charge in [0.05, 0.1) is 25.4 Å². The lowest BCUT2D eigenvalue weighted by molar-refractivity contribution is -0.140. The van der Waals surface area contributed by atoms with E-state index in [1.807, 2.05) is 4.90 Å². The summed E-state index contributed by atoms with van der Waals surface area (Å²) in [6.07, 6.45) is 3.51. The Kier molecular flexibility index (Phi) is 10.4. The molecule has 3 rings (SSSR count). The van der Waals surface area contributed by atoms with Crippen LogP contribution in [0.2, 0.25) is 0 Å². The Balaban J connectivity index is 0.00000300. The van der Waals surface area contributed by atoms with Crippen LogP contribution < -0.4 is 5.32 Å². The molecule has 3 aliphatic rings. The number of guanidine groups is 1. The number of carbonyl (C=O) groups is 1. The molecule has 0 radical (unpaired) electrons. The van der Waals surface area contributed by atoms with Crippen LogP contribution in [0.1, 0.15) is 32.6 Å². The van der Waals surface area contributed by atoms with Crippen LogP contribution in [0.25, 0.3) is 0 Å². The Morgan fingerprint density at radius 1 is 1.07 bits per heavy atom. The van der Waals surface area contributed by atoms with Crippen LogP contribution in [0.4, 0.5) is 0 Å². The van der Waals surface area contributed by atoms with Crippen LogP contribution in [0.15, 0.2) is 4.99 Å². The molecule has 1 N–H and O–H groups in total. The van der Waals surface area contributed by atoms with Gasteiger partial charge in [0, 0.05) is 71.8 Å². The van der Waals surface area contributed by atoms with Crippen LogP contribution in [0.3, 0.4) is 0 Å². The van der Waals surface area contributed by atoms with Gasteiger partial charge < -0.3 is 29.3 Å². The number of methoxy groups -OCH3 is 1. The van der Waals surface area contributed by atoms with Crippen LogP contribution >= 0.6 is 24.0 Å². The van der Waals surface area contributed by atoms with Crippen LogP contribution in [-0.4, -0.2) is 100 Å². The smallest absolute Gasteiger partial charge is 0.225 e. The summed E-state index contributed by atoms with van der Waals surface area (Å²) < 4.78 is 16.7. The maximum Gasteiger partial charge on any atom is 0.225 e. The average Bonchev–Trinajstić information content (AvgIpc) is 2.77. The van der Waals surface area contributed by atoms with Gasteiger partial charge in [-0.05, 0) is 19.8 Å². The van der Waals surface area contributed by atoms with Crippen LogP contribution in [0.5, 0.6) is 0 Å². The predicted octanol–water partition coefficient (Wildman–Crippen LogP) is 1.34. The van der Waals surface area contributed by atoms with Gasteiger partial charge in [0.25, 0.3) is 0 Å². The molecule has 0 aromatic carbocycles. The molecule has 0 bridgehead atoms. The van der Waals surface area contributed by atoms with Gasteiger partial charge in [-0.25, -0.2) is 0 Å². The molecule has 0 atom stereocenters. The molecule has 29 heavy (non-hydrogen) atoms. The van der Waals surface area contributed by atoms with E-state index in [0.717, 1.165) is 77.6 Å². The van der Waals surface area contributed by atoms with E-state index in [1.54, 1.807) is 7.11 Å². The number of halogens is 1. The van der Waals surface area contributed by atoms with Crippen LogP contribution in [0, 0.1) is 5.92 Å². The number of nitrogens with zero attached hydrogens (tertiary/aromatic N) is 3. The molecule has 1 amide bonds. The molecule has 0 saturated carbocycles. The lowest BCUT2D eigenvalue weighted by Gasteiger charge is -2.38. The summed E-state index contributed by atoms with van der Waals surface area (Å²) >= 11 is 0. The van der Waals surface area contributed by atoms with Gasteiger partial charge in [-0.15, -0.1) is 24.0 Å². The van der Waals surface area contributed by atoms with E-state index < -0.39 is 0 Å². The number of morpholine rings is 1. The first kappa shape index (κ1) is 24.6. The highest BCUT2D eigenvalue weighted by atomic mass is 127. The summed E-state index contributed by atoms with van der Waals surface area (Å²) in [7, 11) is 1.77. The number of nitrogens with one attached hydrogen (secondary N) is 1. The minimum atomic E-state index is -0.219. The molecule has 0 aromatic heterocycles. The average molecular weight is 524 g/mol. The van der Waals surface area contributed by atoms with E-state index in [1.165, 1.54) is 0 Å². The number of aliphatic imine (C=N–C) groups is 1. The van der Waals surface area contributed by atoms with E-state index in [-0.39, 0.29) is 35.5 Å². The lowest BCUT2D eigenvalue weighted by atomic mass is 9.94. The molecule has 0 aromatic rings. The van der Waals surface area contributed by atoms with Gasteiger partial charge in [0.2, 0.25) is 5.91 Å². The maximum absolute atomic E-state index is 12.7. The van der Waals surface area contributed by atoms with Crippen molar-refractivity contribution in [2.75, 3.05) is 72.8 Å². The van der Waals surface area contributed by atoms with Gasteiger partial charge in [0.1, 0.15) is 0 Å². The van der Waals surface area contributed by atoms with E-state index >= 15 is 0 Å². The molecule has 9 heteroatoms. The zero-order chi connectivity index (χ0) is 19.8. The molecule has 3 fully saturated rings. The third-order valence-electron chi connectivity index (χ3n) is 6.16. The predicted molar refractivity (Wildman–Crippen MR) is 123 cm³/mol. The molecule has 0 unspecified atom stereocenters. The van der Waals surface area contributed by atoms with Crippen molar-refractivity contribution in [3.8, 4) is 0 Å². The fourth-order valence-electron chi connectivity index (χ4n) is 4.20. The molecule has 0 spiro atoms. The monoisotopic (exact) mass is 524 g/mol. The van der Waals surface area contributed by atoms with Crippen molar-refractivity contribution in [1.29, 1.82) is 0 Å². The fourth-order valence-corrected chi connectivity index (χ4v) is 4.20. The van der Waals surface area contributed by atoms with Crippen molar-refractivity contribution in [1.82, 2.24) is 15.1 Å². The number of carbonyl (C=O) groups excluding carboxylic acids is 1. The Labute approximate surface area is 191 Å². The second-order valence-electron chi connectivity index (χ2n) is 7.87. The molecule has 3 saturated heterocycles. The molecule has 3 aliphatic heterocycles. The summed E-state index contributed by atoms with van der Waals surface area (Å²) in [6.45, 7) is 9.51. The first-order valence-corrected chi connectivity index (χ1v) is 10.7. The topological polar surface area (TPSA) is 75.6 Å². The van der Waals surface area contributed by atoms with E-state index in [4.69, 9.17) is 19.2 Å². The Morgan fingerprint density at radius 3 is 2.28 bits per heavy atom. The third-order valence-corrected chi connectivity index (χ3v) is 6.16. The number of ether oxygens (including phenoxy) is 3. The van der Waals surface area contributed by atoms with Crippen molar-refractivity contribution >= 4 is 35.8 Å². The zero-order valence-corrected chi connectivity index (χ0v) is 20.2. The van der Waals surface area contributed by atoms with Gasteiger partial charge >= 0.3 is 0 Å². The molecule has 3 heterocycles. The highest BCUT2D eigenvalue weighted by molar-refractivity contribution is 14.0. The standard InChI is InChI=1S/C20H36N4O4.HI/c1-3-21-19(22-16-20(26-2)6-12-27-13-7-20)24-8-4-17(5-9-24)18(25)23-10-14-28-15-11-23;/h17H,3-16H2,1-2H3,(H,21,22);1H. The lowest BCUT2D eigenvalue weighted by Crippen LogP contribution is -2.50. The number of hydrogen-bond donors (Lipinski definition) is 1. The number of likely N-dealkylation sites (tertiary alicyclic amines) is 1. The highest BCUT2D eigenvalue weighted by Gasteiger charge is 2.34. The van der Waals surface area contributed by atoms with E-state index in [9.17, 15) is 4.79 Å². The summed E-state index contributed by atoms with van der Waals surface area (Å²) in [5, 5.41) is 3.42. The van der Waals surface area contributed by atoms with Crippen molar-refractivity contribution in [2.45, 2.75) is 38.2 Å². The number of rotatable bonds is 5. The number of hydrogen-bond acceptors (Lipinski definition) is 5. The summed E-state index contributed by atoms with van der Waals surface area (Å²) in [5.41, 5.74) is -0.219. The first-order chi connectivity index (χ1) is 13.7. The largest absolute Gasteiger partial charge is 0.381 e. The molecule has 168 valence electrons. The zero-order valence-electron chi connectivity index (χ0n) is 17.9. The van der Waals surface area contributed by atoms with E-state index in [0.29, 0.717) is 25.7 Å². The van der Waals surface area contributed by atoms with Crippen molar-refractivity contribution in [3.63, 3.8) is 0 Å². The molecular formula is C20H37IN4O4. The first-order valence-electron chi connectivity index (χ1n) is 10.7. The third kappa shape index (κ3) is 6.67. The number of amides is 1. The molecular weight excluding hydrogens is 487 g/mol. The van der Waals surface area contributed by atoms with Gasteiger partial charge in [0.15, 0.2) is 5.96 Å². The van der Waals surface area contributed by atoms with Crippen molar-refractivity contribution < 1.29 is 19.0 Å². The van der Waals surface area contributed by atoms with Gasteiger partial charge in [-0.1, -0.05) is 0 Å². The minimum Gasteiger partial charge on any atom is -0.381 e. The van der Waals surface area contributed by atoms with Crippen LogP contribution in [-0.2, 0) is 19.0 Å². The van der Waals surface area contributed by atoms with Gasteiger partial charge in [-0.3, -0.25) is 9.79 Å². The second-order valence-corrected chi connectivity index (χ2v) is 7.87. The fraction of sp³-hybridized carbons (Fsp3) is 0.900. The summed E-state index contributed by atoms with van der Waals surface area (Å²) in [5.74, 6) is 1.35. The van der Waals surface area contributed by atoms with E-state index in [2.05, 4.69) is 17.1 Å². The normalized spacial score (nSPS) is 23.4. The quantitative estimate of drug-likeness (QED) is 0.333. The van der Waals surface area contributed by atoms with Crippen molar-refractivity contribution in [2.24, 2.45) is 10.9 Å². The van der Waals surface area contributed by atoms with Crippen molar-refractivity contribution in [3.05, 3.63) is 0 Å². The Hall–Kier alpha value is -0.650. The summed E-state index contributed by atoms with van der Waals surface area (Å²) in [6, 6.07) is 0.